The third-order valence-electron chi connectivity index (χ3n) is 8.05. The zero-order valence-electron chi connectivity index (χ0n) is 24.3. The first kappa shape index (κ1) is 30.9. The van der Waals surface area contributed by atoms with Gasteiger partial charge in [-0.25, -0.2) is 18.2 Å². The Hall–Kier alpha value is -3.52. The molecule has 1 aromatic carbocycles. The third kappa shape index (κ3) is 7.35. The van der Waals surface area contributed by atoms with Crippen molar-refractivity contribution in [2.24, 2.45) is 0 Å². The number of hydrogen-bond acceptors (Lipinski definition) is 9. The van der Waals surface area contributed by atoms with Crippen molar-refractivity contribution in [1.82, 2.24) is 14.6 Å². The summed E-state index contributed by atoms with van der Waals surface area (Å²) in [7, 11) is -1.38. The van der Waals surface area contributed by atoms with Gasteiger partial charge in [-0.3, -0.25) is 4.79 Å². The van der Waals surface area contributed by atoms with Crippen molar-refractivity contribution in [3.8, 4) is 11.3 Å². The van der Waals surface area contributed by atoms with Crippen LogP contribution < -0.4 is 5.32 Å². The molecule has 3 heterocycles. The van der Waals surface area contributed by atoms with Crippen LogP contribution in [0.3, 0.4) is 0 Å². The zero-order chi connectivity index (χ0) is 30.6. The molecule has 0 unspecified atom stereocenters. The summed E-state index contributed by atoms with van der Waals surface area (Å²) < 4.78 is 48.2. The minimum Gasteiger partial charge on any atom is -0.450 e. The van der Waals surface area contributed by atoms with Crippen LogP contribution in [0.5, 0.6) is 0 Å². The van der Waals surface area contributed by atoms with Crippen molar-refractivity contribution in [2.45, 2.75) is 57.1 Å². The van der Waals surface area contributed by atoms with Gasteiger partial charge < -0.3 is 29.1 Å². The summed E-state index contributed by atoms with van der Waals surface area (Å²) in [6.07, 6.45) is 1.81. The van der Waals surface area contributed by atoms with Crippen LogP contribution in [0.1, 0.15) is 65.2 Å². The number of nitrogens with zero attached hydrogens (tertiary/aromatic N) is 2. The minimum absolute atomic E-state index is 0.0309. The Morgan fingerprint density at radius 2 is 1.88 bits per heavy atom. The summed E-state index contributed by atoms with van der Waals surface area (Å²) in [6.45, 7) is 3.24. The molecule has 232 valence electrons. The molecule has 1 saturated heterocycles. The van der Waals surface area contributed by atoms with Gasteiger partial charge in [-0.05, 0) is 37.3 Å². The van der Waals surface area contributed by atoms with E-state index in [0.717, 1.165) is 29.5 Å². The summed E-state index contributed by atoms with van der Waals surface area (Å²) >= 11 is 0. The lowest BCUT2D eigenvalue weighted by Gasteiger charge is -2.35. The van der Waals surface area contributed by atoms with Crippen LogP contribution in [0.15, 0.2) is 34.7 Å². The molecule has 0 atom stereocenters. The number of nitrogens with one attached hydrogen (secondary N) is 1. The highest BCUT2D eigenvalue weighted by atomic mass is 32.2. The first-order valence-corrected chi connectivity index (χ1v) is 15.5. The Bertz CT molecular complexity index is 1530. The number of rotatable bonds is 13. The number of benzene rings is 1. The Labute approximate surface area is 251 Å². The zero-order valence-corrected chi connectivity index (χ0v) is 25.2. The van der Waals surface area contributed by atoms with Crippen LogP contribution in [0.2, 0.25) is 0 Å². The smallest absolute Gasteiger partial charge is 0.450 e. The molecule has 0 bridgehead atoms. The first-order valence-electron chi connectivity index (χ1n) is 14.4. The average molecular weight is 616 g/mol. The quantitative estimate of drug-likeness (QED) is 0.146. The van der Waals surface area contributed by atoms with Gasteiger partial charge in [-0.15, -0.1) is 0 Å². The number of thiol groups is 1. The number of pyridine rings is 1. The molecule has 1 aliphatic heterocycles. The molecular formula is C30H37N3O9S. The summed E-state index contributed by atoms with van der Waals surface area (Å²) in [5, 5.41) is 12.4. The SMILES string of the molecule is CNC(=O)c1c(-c2ccc(C)cc2)oc2nc(CN(CCOCCC3(OC(=O)O)CCOCC3)[SH](=O)=O)c(C3CC3)cc12. The van der Waals surface area contributed by atoms with Gasteiger partial charge in [0.15, 0.2) is 0 Å². The highest BCUT2D eigenvalue weighted by molar-refractivity contribution is 7.69. The number of furan rings is 1. The van der Waals surface area contributed by atoms with E-state index in [1.807, 2.05) is 37.3 Å². The van der Waals surface area contributed by atoms with Crippen LogP contribution in [0.25, 0.3) is 22.4 Å². The third-order valence-corrected chi connectivity index (χ3v) is 8.85. The molecule has 0 spiro atoms. The van der Waals surface area contributed by atoms with Crippen molar-refractivity contribution in [2.75, 3.05) is 40.0 Å². The standard InChI is InChI=1S/C30H37N3O9S/c1-19-3-5-21(6-4-19)26-25(27(34)31-2)23-17-22(20-7-8-20)24(32-28(23)41-26)18-33(43(37)38)12-16-40-15-11-30(42-29(35)36)9-13-39-14-10-30/h3-6,17,20,43H,7-16,18H2,1-2H3,(H,31,34)(H,35,36). The fourth-order valence-corrected chi connectivity index (χ4v) is 5.96. The van der Waals surface area contributed by atoms with Gasteiger partial charge in [0.2, 0.25) is 16.6 Å². The fraction of sp³-hybridized carbons (Fsp3) is 0.500. The van der Waals surface area contributed by atoms with Gasteiger partial charge in [0.05, 0.1) is 49.6 Å². The van der Waals surface area contributed by atoms with Gasteiger partial charge in [0, 0.05) is 38.4 Å². The Morgan fingerprint density at radius 1 is 1.16 bits per heavy atom. The van der Waals surface area contributed by atoms with Crippen molar-refractivity contribution in [1.29, 1.82) is 0 Å². The van der Waals surface area contributed by atoms with Gasteiger partial charge in [0.25, 0.3) is 5.91 Å². The predicted octanol–water partition coefficient (Wildman–Crippen LogP) is 4.02. The molecule has 1 saturated carbocycles. The highest BCUT2D eigenvalue weighted by Gasteiger charge is 2.36. The van der Waals surface area contributed by atoms with Crippen LogP contribution in [0.4, 0.5) is 4.79 Å². The van der Waals surface area contributed by atoms with E-state index in [-0.39, 0.29) is 43.8 Å². The van der Waals surface area contributed by atoms with E-state index in [9.17, 15) is 18.0 Å². The molecule has 2 fully saturated rings. The van der Waals surface area contributed by atoms with Gasteiger partial charge in [0.1, 0.15) is 11.4 Å². The molecule has 43 heavy (non-hydrogen) atoms. The number of carboxylic acid groups (broad SMARTS) is 1. The Morgan fingerprint density at radius 3 is 2.51 bits per heavy atom. The molecule has 1 aliphatic carbocycles. The minimum atomic E-state index is -2.95. The van der Waals surface area contributed by atoms with Gasteiger partial charge >= 0.3 is 6.16 Å². The molecule has 2 N–H and O–H groups in total. The second-order valence-corrected chi connectivity index (χ2v) is 12.1. The lowest BCUT2D eigenvalue weighted by molar-refractivity contribution is -0.0982. The van der Waals surface area contributed by atoms with Crippen LogP contribution in [-0.4, -0.2) is 80.5 Å². The monoisotopic (exact) mass is 615 g/mol. The lowest BCUT2D eigenvalue weighted by Crippen LogP contribution is -2.41. The van der Waals surface area contributed by atoms with E-state index in [4.69, 9.17) is 28.7 Å². The maximum Gasteiger partial charge on any atom is 0.506 e. The van der Waals surface area contributed by atoms with E-state index in [1.165, 1.54) is 4.31 Å². The maximum absolute atomic E-state index is 13.0. The number of amides is 1. The van der Waals surface area contributed by atoms with Gasteiger partial charge in [-0.1, -0.05) is 29.8 Å². The number of hydrogen-bond donors (Lipinski definition) is 3. The Balaban J connectivity index is 1.33. The van der Waals surface area contributed by atoms with Gasteiger partial charge in [-0.2, -0.15) is 4.31 Å². The van der Waals surface area contributed by atoms with Crippen molar-refractivity contribution in [3.05, 3.63) is 52.7 Å². The van der Waals surface area contributed by atoms with Crippen molar-refractivity contribution >= 4 is 34.1 Å². The van der Waals surface area contributed by atoms with E-state index in [0.29, 0.717) is 54.9 Å². The number of aryl methyl sites for hydroxylation is 1. The maximum atomic E-state index is 13.0. The van der Waals surface area contributed by atoms with E-state index >= 15 is 0 Å². The second-order valence-electron chi connectivity index (χ2n) is 11.1. The molecule has 1 amide bonds. The van der Waals surface area contributed by atoms with E-state index in [2.05, 4.69) is 5.32 Å². The number of aromatic nitrogens is 1. The summed E-state index contributed by atoms with van der Waals surface area (Å²) in [4.78, 5) is 29.0. The van der Waals surface area contributed by atoms with Crippen LogP contribution >= 0.6 is 0 Å². The first-order chi connectivity index (χ1) is 20.7. The van der Waals surface area contributed by atoms with Crippen LogP contribution in [-0.2, 0) is 31.6 Å². The lowest BCUT2D eigenvalue weighted by atomic mass is 9.91. The molecule has 12 nitrogen and oxygen atoms in total. The topological polar surface area (TPSA) is 158 Å². The number of carbonyl (C=O) groups is 2. The molecule has 3 aromatic rings. The summed E-state index contributed by atoms with van der Waals surface area (Å²) in [5.74, 6) is 0.355. The number of ether oxygens (including phenoxy) is 3. The normalized spacial score (nSPS) is 16.6. The molecular weight excluding hydrogens is 578 g/mol. The van der Waals surface area contributed by atoms with E-state index < -0.39 is 22.6 Å². The average Bonchev–Trinajstić information content (AvgIpc) is 3.76. The Kier molecular flexibility index (Phi) is 9.65. The summed E-state index contributed by atoms with van der Waals surface area (Å²) in [6, 6.07) is 9.59. The van der Waals surface area contributed by atoms with Crippen molar-refractivity contribution < 1.29 is 41.7 Å². The number of carbonyl (C=O) groups excluding carboxylic acids is 1. The molecule has 2 aromatic heterocycles. The molecule has 13 heteroatoms. The molecule has 0 radical (unpaired) electrons. The largest absolute Gasteiger partial charge is 0.506 e. The molecule has 2 aliphatic rings. The molecule has 5 rings (SSSR count). The highest BCUT2D eigenvalue weighted by Crippen LogP contribution is 2.44. The number of fused-ring (bicyclic) bond motifs is 1. The second kappa shape index (κ2) is 13.4. The fourth-order valence-electron chi connectivity index (χ4n) is 5.46. The predicted molar refractivity (Wildman–Crippen MR) is 158 cm³/mol. The van der Waals surface area contributed by atoms with Crippen molar-refractivity contribution in [3.63, 3.8) is 0 Å². The van der Waals surface area contributed by atoms with E-state index in [1.54, 1.807) is 7.05 Å². The summed E-state index contributed by atoms with van der Waals surface area (Å²) in [5.41, 5.74) is 3.12. The van der Waals surface area contributed by atoms with Crippen LogP contribution in [0, 0.1) is 6.92 Å².